The molecular formula is C19H31N5O2S. The lowest BCUT2D eigenvalue weighted by Gasteiger charge is -2.35. The van der Waals surface area contributed by atoms with Crippen LogP contribution in [-0.4, -0.2) is 41.4 Å². The standard InChI is InChI=1S/C19H31N5O2S/c1-2-10-26-16-9-8-14(11-15(16)22-19-24-23-18(20)27-19)17(25)21-12-13-6-4-3-5-7-13/h6,14-16H,2-5,7-12H2,1H3,(H2,20,23)(H,21,25)(H,22,24)/t14-,15+,16+/m0/s1. The third-order valence-electron chi connectivity index (χ3n) is 5.32. The molecule has 1 saturated carbocycles. The van der Waals surface area contributed by atoms with Gasteiger partial charge in [-0.15, -0.1) is 10.2 Å². The van der Waals surface area contributed by atoms with Crippen LogP contribution in [0.3, 0.4) is 0 Å². The van der Waals surface area contributed by atoms with Crippen molar-refractivity contribution in [3.05, 3.63) is 11.6 Å². The van der Waals surface area contributed by atoms with Crippen LogP contribution in [0.1, 0.15) is 58.3 Å². The number of allylic oxidation sites excluding steroid dienone is 1. The number of nitrogen functional groups attached to an aromatic ring is 1. The molecule has 0 saturated heterocycles. The van der Waals surface area contributed by atoms with E-state index in [2.05, 4.69) is 33.8 Å². The van der Waals surface area contributed by atoms with Gasteiger partial charge in [-0.05, 0) is 51.4 Å². The lowest BCUT2D eigenvalue weighted by Crippen LogP contribution is -2.45. The fourth-order valence-electron chi connectivity index (χ4n) is 3.86. The molecule has 1 aromatic rings. The number of rotatable bonds is 8. The van der Waals surface area contributed by atoms with Gasteiger partial charge in [-0.3, -0.25) is 4.79 Å². The van der Waals surface area contributed by atoms with Gasteiger partial charge >= 0.3 is 0 Å². The van der Waals surface area contributed by atoms with Crippen LogP contribution in [0.4, 0.5) is 10.3 Å². The van der Waals surface area contributed by atoms with E-state index in [4.69, 9.17) is 10.5 Å². The minimum absolute atomic E-state index is 0.00145. The molecule has 2 aliphatic carbocycles. The van der Waals surface area contributed by atoms with Crippen molar-refractivity contribution in [2.75, 3.05) is 24.2 Å². The van der Waals surface area contributed by atoms with E-state index in [1.54, 1.807) is 0 Å². The van der Waals surface area contributed by atoms with Crippen LogP contribution in [0.25, 0.3) is 0 Å². The molecule has 3 atom stereocenters. The van der Waals surface area contributed by atoms with E-state index in [-0.39, 0.29) is 24.0 Å². The molecule has 8 heteroatoms. The molecule has 3 rings (SSSR count). The molecule has 0 aliphatic heterocycles. The lowest BCUT2D eigenvalue weighted by atomic mass is 9.83. The first-order valence-electron chi connectivity index (χ1n) is 10.1. The second-order valence-corrected chi connectivity index (χ2v) is 8.45. The highest BCUT2D eigenvalue weighted by Gasteiger charge is 2.35. The fraction of sp³-hybridized carbons (Fsp3) is 0.737. The molecule has 0 unspecified atom stereocenters. The van der Waals surface area contributed by atoms with E-state index in [1.165, 1.54) is 29.8 Å². The Morgan fingerprint density at radius 1 is 1.37 bits per heavy atom. The van der Waals surface area contributed by atoms with Gasteiger partial charge in [0.15, 0.2) is 0 Å². The van der Waals surface area contributed by atoms with Crippen LogP contribution < -0.4 is 16.4 Å². The molecule has 0 aromatic carbocycles. The average Bonchev–Trinajstić information content (AvgIpc) is 3.10. The van der Waals surface area contributed by atoms with Crippen LogP contribution >= 0.6 is 11.3 Å². The Balaban J connectivity index is 1.56. The molecular weight excluding hydrogens is 362 g/mol. The monoisotopic (exact) mass is 393 g/mol. The van der Waals surface area contributed by atoms with Gasteiger partial charge < -0.3 is 21.1 Å². The number of anilines is 2. The highest BCUT2D eigenvalue weighted by atomic mass is 32.1. The first-order chi connectivity index (χ1) is 13.2. The maximum absolute atomic E-state index is 12.7. The number of amides is 1. The normalized spacial score (nSPS) is 25.7. The summed E-state index contributed by atoms with van der Waals surface area (Å²) in [5.41, 5.74) is 7.06. The number of nitrogens with zero attached hydrogens (tertiary/aromatic N) is 2. The van der Waals surface area contributed by atoms with Gasteiger partial charge in [0, 0.05) is 19.1 Å². The van der Waals surface area contributed by atoms with Crippen LogP contribution in [0.15, 0.2) is 11.6 Å². The van der Waals surface area contributed by atoms with Crippen LogP contribution in [0.5, 0.6) is 0 Å². The van der Waals surface area contributed by atoms with Gasteiger partial charge in [-0.2, -0.15) is 0 Å². The molecule has 27 heavy (non-hydrogen) atoms. The SMILES string of the molecule is CCCO[C@@H]1CC[C@H](C(=O)NCC2=CCCCC2)C[C@H]1Nc1nnc(N)s1. The number of carbonyl (C=O) groups is 1. The van der Waals surface area contributed by atoms with Crippen molar-refractivity contribution >= 4 is 27.5 Å². The van der Waals surface area contributed by atoms with Gasteiger partial charge in [0.2, 0.25) is 16.2 Å². The molecule has 1 amide bonds. The van der Waals surface area contributed by atoms with Crippen molar-refractivity contribution in [2.45, 2.75) is 70.4 Å². The number of ether oxygens (including phenoxy) is 1. The van der Waals surface area contributed by atoms with Crippen molar-refractivity contribution in [1.82, 2.24) is 15.5 Å². The van der Waals surface area contributed by atoms with E-state index >= 15 is 0 Å². The van der Waals surface area contributed by atoms with Crippen molar-refractivity contribution < 1.29 is 9.53 Å². The van der Waals surface area contributed by atoms with E-state index in [0.29, 0.717) is 16.8 Å². The Bertz CT molecular complexity index is 648. The summed E-state index contributed by atoms with van der Waals surface area (Å²) in [5, 5.41) is 15.6. The third-order valence-corrected chi connectivity index (χ3v) is 6.00. The highest BCUT2D eigenvalue weighted by Crippen LogP contribution is 2.30. The van der Waals surface area contributed by atoms with E-state index in [1.807, 2.05) is 0 Å². The number of hydrogen-bond acceptors (Lipinski definition) is 7. The van der Waals surface area contributed by atoms with Crippen molar-refractivity contribution in [3.8, 4) is 0 Å². The summed E-state index contributed by atoms with van der Waals surface area (Å²) in [6.07, 6.45) is 10.6. The lowest BCUT2D eigenvalue weighted by molar-refractivity contribution is -0.127. The predicted molar refractivity (Wildman–Crippen MR) is 109 cm³/mol. The van der Waals surface area contributed by atoms with Crippen molar-refractivity contribution in [3.63, 3.8) is 0 Å². The maximum atomic E-state index is 12.7. The van der Waals surface area contributed by atoms with Gasteiger partial charge in [0.05, 0.1) is 12.1 Å². The van der Waals surface area contributed by atoms with E-state index in [9.17, 15) is 4.79 Å². The molecule has 0 spiro atoms. The Labute approximate surface area is 165 Å². The van der Waals surface area contributed by atoms with Gasteiger partial charge in [-0.25, -0.2) is 0 Å². The zero-order chi connectivity index (χ0) is 19.1. The summed E-state index contributed by atoms with van der Waals surface area (Å²) in [6, 6.07) is 0.0438. The number of nitrogens with two attached hydrogens (primary N) is 1. The Morgan fingerprint density at radius 2 is 2.26 bits per heavy atom. The van der Waals surface area contributed by atoms with Crippen LogP contribution in [0.2, 0.25) is 0 Å². The number of carbonyl (C=O) groups excluding carboxylic acids is 1. The van der Waals surface area contributed by atoms with Crippen molar-refractivity contribution in [2.24, 2.45) is 5.92 Å². The smallest absolute Gasteiger partial charge is 0.223 e. The molecule has 0 bridgehead atoms. The Morgan fingerprint density at radius 3 is 2.96 bits per heavy atom. The zero-order valence-corrected chi connectivity index (χ0v) is 16.9. The number of hydrogen-bond donors (Lipinski definition) is 3. The summed E-state index contributed by atoms with van der Waals surface area (Å²) in [7, 11) is 0. The van der Waals surface area contributed by atoms with Crippen LogP contribution in [-0.2, 0) is 9.53 Å². The molecule has 7 nitrogen and oxygen atoms in total. The third kappa shape index (κ3) is 5.90. The van der Waals surface area contributed by atoms with Gasteiger partial charge in [0.1, 0.15) is 0 Å². The van der Waals surface area contributed by atoms with E-state index < -0.39 is 0 Å². The summed E-state index contributed by atoms with van der Waals surface area (Å²) < 4.78 is 6.03. The average molecular weight is 394 g/mol. The number of nitrogens with one attached hydrogen (secondary N) is 2. The Hall–Kier alpha value is -1.67. The minimum atomic E-state index is -0.00145. The number of aromatic nitrogens is 2. The topological polar surface area (TPSA) is 102 Å². The second kappa shape index (κ2) is 10.0. The summed E-state index contributed by atoms with van der Waals surface area (Å²) in [4.78, 5) is 12.7. The fourth-order valence-corrected chi connectivity index (χ4v) is 4.43. The molecule has 4 N–H and O–H groups in total. The van der Waals surface area contributed by atoms with Crippen molar-refractivity contribution in [1.29, 1.82) is 0 Å². The molecule has 0 radical (unpaired) electrons. The highest BCUT2D eigenvalue weighted by molar-refractivity contribution is 7.18. The first-order valence-corrected chi connectivity index (χ1v) is 10.9. The predicted octanol–water partition coefficient (Wildman–Crippen LogP) is 3.11. The summed E-state index contributed by atoms with van der Waals surface area (Å²) in [6.45, 7) is 3.52. The quantitative estimate of drug-likeness (QED) is 0.587. The molecule has 1 heterocycles. The summed E-state index contributed by atoms with van der Waals surface area (Å²) in [5.74, 6) is 0.150. The summed E-state index contributed by atoms with van der Waals surface area (Å²) >= 11 is 1.33. The first kappa shape index (κ1) is 20.1. The molecule has 150 valence electrons. The Kier molecular flexibility index (Phi) is 7.46. The molecule has 1 fully saturated rings. The van der Waals surface area contributed by atoms with Gasteiger partial charge in [-0.1, -0.05) is 29.9 Å². The largest absolute Gasteiger partial charge is 0.376 e. The molecule has 1 aromatic heterocycles. The van der Waals surface area contributed by atoms with Crippen LogP contribution in [0, 0.1) is 5.92 Å². The zero-order valence-electron chi connectivity index (χ0n) is 16.1. The second-order valence-electron chi connectivity index (χ2n) is 7.44. The maximum Gasteiger partial charge on any atom is 0.223 e. The van der Waals surface area contributed by atoms with Gasteiger partial charge in [0.25, 0.3) is 0 Å². The minimum Gasteiger partial charge on any atom is -0.376 e. The van der Waals surface area contributed by atoms with E-state index in [0.717, 1.165) is 45.1 Å². The molecule has 2 aliphatic rings.